The normalized spacial score (nSPS) is 17.2. The van der Waals surface area contributed by atoms with Crippen molar-refractivity contribution >= 4 is 22.9 Å². The largest absolute Gasteiger partial charge is 0.383 e. The number of aromatic nitrogens is 4. The number of carbonyl (C=O) groups is 1. The number of hydrogen-bond donors (Lipinski definition) is 2. The van der Waals surface area contributed by atoms with Crippen LogP contribution in [0.4, 0.5) is 5.95 Å². The second kappa shape index (κ2) is 8.02. The Morgan fingerprint density at radius 2 is 2.32 bits per heavy atom. The number of anilines is 1. The molecule has 0 radical (unpaired) electrons. The van der Waals surface area contributed by atoms with E-state index in [4.69, 9.17) is 4.74 Å². The van der Waals surface area contributed by atoms with Gasteiger partial charge in [0.15, 0.2) is 0 Å². The highest BCUT2D eigenvalue weighted by Gasteiger charge is 2.27. The smallest absolute Gasteiger partial charge is 0.253 e. The molecule has 4 rings (SSSR count). The van der Waals surface area contributed by atoms with Crippen molar-refractivity contribution in [3.63, 3.8) is 0 Å². The number of aryl methyl sites for hydroxylation is 1. The van der Waals surface area contributed by atoms with E-state index in [1.807, 2.05) is 40.9 Å². The molecule has 0 spiro atoms. The fourth-order valence-electron chi connectivity index (χ4n) is 3.82. The Labute approximate surface area is 163 Å². The lowest BCUT2D eigenvalue weighted by Crippen LogP contribution is -2.39. The van der Waals surface area contributed by atoms with Crippen LogP contribution in [0.5, 0.6) is 0 Å². The molecule has 28 heavy (non-hydrogen) atoms. The standard InChI is InChI=1S/C20H26N6O2/c1-25-17-6-5-14(12-16(17)24-20(25)23-9-11-28-2)19(27)26-10-3-4-15(13-26)18-21-7-8-22-18/h5-8,12,15H,3-4,9-11,13H2,1-2H3,(H,21,22)(H,23,24). The van der Waals surface area contributed by atoms with Crippen LogP contribution in [-0.4, -0.2) is 63.7 Å². The minimum Gasteiger partial charge on any atom is -0.383 e. The molecular formula is C20H26N6O2. The van der Waals surface area contributed by atoms with E-state index in [-0.39, 0.29) is 11.8 Å². The molecule has 0 saturated carbocycles. The van der Waals surface area contributed by atoms with Crippen LogP contribution in [0.2, 0.25) is 0 Å². The third kappa shape index (κ3) is 3.60. The first-order valence-corrected chi connectivity index (χ1v) is 9.65. The number of likely N-dealkylation sites (tertiary alicyclic amines) is 1. The predicted octanol–water partition coefficient (Wildman–Crippen LogP) is 2.37. The second-order valence-electron chi connectivity index (χ2n) is 7.18. The van der Waals surface area contributed by atoms with E-state index in [1.165, 1.54) is 0 Å². The number of nitrogens with zero attached hydrogens (tertiary/aromatic N) is 4. The number of rotatable bonds is 6. The predicted molar refractivity (Wildman–Crippen MR) is 108 cm³/mol. The first kappa shape index (κ1) is 18.5. The van der Waals surface area contributed by atoms with Gasteiger partial charge in [0.05, 0.1) is 17.6 Å². The van der Waals surface area contributed by atoms with Crippen molar-refractivity contribution in [3.8, 4) is 0 Å². The number of aromatic amines is 1. The Hall–Kier alpha value is -2.87. The molecule has 1 aromatic carbocycles. The summed E-state index contributed by atoms with van der Waals surface area (Å²) in [5, 5.41) is 3.26. The number of piperidine rings is 1. The number of fused-ring (bicyclic) bond motifs is 1. The quantitative estimate of drug-likeness (QED) is 0.639. The van der Waals surface area contributed by atoms with Gasteiger partial charge in [-0.2, -0.15) is 0 Å². The van der Waals surface area contributed by atoms with E-state index in [9.17, 15) is 4.79 Å². The molecule has 1 aliphatic heterocycles. The Kier molecular flexibility index (Phi) is 5.29. The van der Waals surface area contributed by atoms with Gasteiger partial charge in [-0.05, 0) is 31.0 Å². The molecule has 1 saturated heterocycles. The minimum atomic E-state index is 0.0534. The van der Waals surface area contributed by atoms with Gasteiger partial charge in [0.25, 0.3) is 5.91 Å². The summed E-state index contributed by atoms with van der Waals surface area (Å²) in [4.78, 5) is 27.2. The van der Waals surface area contributed by atoms with Gasteiger partial charge in [-0.25, -0.2) is 9.97 Å². The van der Waals surface area contributed by atoms with Gasteiger partial charge < -0.3 is 24.5 Å². The zero-order valence-corrected chi connectivity index (χ0v) is 16.3. The summed E-state index contributed by atoms with van der Waals surface area (Å²) in [6.07, 6.45) is 5.64. The Balaban J connectivity index is 1.52. The maximum absolute atomic E-state index is 13.1. The number of nitrogens with one attached hydrogen (secondary N) is 2. The summed E-state index contributed by atoms with van der Waals surface area (Å²) in [5.74, 6) is 2.05. The molecule has 0 bridgehead atoms. The fourth-order valence-corrected chi connectivity index (χ4v) is 3.82. The van der Waals surface area contributed by atoms with E-state index in [0.29, 0.717) is 25.3 Å². The zero-order chi connectivity index (χ0) is 19.5. The first-order chi connectivity index (χ1) is 13.7. The van der Waals surface area contributed by atoms with Gasteiger partial charge in [0.2, 0.25) is 5.95 Å². The molecule has 2 N–H and O–H groups in total. The van der Waals surface area contributed by atoms with Crippen molar-refractivity contribution in [2.45, 2.75) is 18.8 Å². The topological polar surface area (TPSA) is 88.1 Å². The summed E-state index contributed by atoms with van der Waals surface area (Å²) in [6.45, 7) is 2.76. The lowest BCUT2D eigenvalue weighted by atomic mass is 9.96. The molecule has 8 heteroatoms. The molecule has 0 aliphatic carbocycles. The molecule has 2 aromatic heterocycles. The van der Waals surface area contributed by atoms with Gasteiger partial charge >= 0.3 is 0 Å². The Morgan fingerprint density at radius 1 is 1.43 bits per heavy atom. The fraction of sp³-hybridized carbons (Fsp3) is 0.450. The van der Waals surface area contributed by atoms with Crippen LogP contribution in [0.25, 0.3) is 11.0 Å². The van der Waals surface area contributed by atoms with Crippen molar-refractivity contribution in [2.24, 2.45) is 7.05 Å². The summed E-state index contributed by atoms with van der Waals surface area (Å²) in [6, 6.07) is 5.74. The molecule has 1 amide bonds. The van der Waals surface area contributed by atoms with Gasteiger partial charge in [-0.1, -0.05) is 0 Å². The summed E-state index contributed by atoms with van der Waals surface area (Å²) in [5.41, 5.74) is 2.48. The Morgan fingerprint density at radius 3 is 3.11 bits per heavy atom. The van der Waals surface area contributed by atoms with Crippen molar-refractivity contribution in [3.05, 3.63) is 42.0 Å². The highest BCUT2D eigenvalue weighted by Crippen LogP contribution is 2.26. The molecular weight excluding hydrogens is 356 g/mol. The molecule has 1 unspecified atom stereocenters. The van der Waals surface area contributed by atoms with Crippen LogP contribution in [-0.2, 0) is 11.8 Å². The van der Waals surface area contributed by atoms with Crippen molar-refractivity contribution in [1.29, 1.82) is 0 Å². The number of H-pyrrole nitrogens is 1. The van der Waals surface area contributed by atoms with Crippen LogP contribution in [0.3, 0.4) is 0 Å². The highest BCUT2D eigenvalue weighted by atomic mass is 16.5. The van der Waals surface area contributed by atoms with E-state index in [2.05, 4.69) is 20.3 Å². The number of methoxy groups -OCH3 is 1. The molecule has 148 valence electrons. The second-order valence-corrected chi connectivity index (χ2v) is 7.18. The SMILES string of the molecule is COCCNc1nc2cc(C(=O)N3CCCC(c4ncc[nH]4)C3)ccc2n1C. The van der Waals surface area contributed by atoms with Gasteiger partial charge in [0.1, 0.15) is 5.82 Å². The van der Waals surface area contributed by atoms with E-state index in [0.717, 1.165) is 42.2 Å². The third-order valence-corrected chi connectivity index (χ3v) is 5.33. The van der Waals surface area contributed by atoms with Gasteiger partial charge in [-0.15, -0.1) is 0 Å². The van der Waals surface area contributed by atoms with Crippen LogP contribution in [0.1, 0.15) is 34.9 Å². The zero-order valence-electron chi connectivity index (χ0n) is 16.3. The van der Waals surface area contributed by atoms with E-state index in [1.54, 1.807) is 13.3 Å². The number of benzene rings is 1. The van der Waals surface area contributed by atoms with Crippen molar-refractivity contribution in [1.82, 2.24) is 24.4 Å². The minimum absolute atomic E-state index is 0.0534. The number of imidazole rings is 2. The number of ether oxygens (including phenoxy) is 1. The van der Waals surface area contributed by atoms with Crippen LogP contribution >= 0.6 is 0 Å². The van der Waals surface area contributed by atoms with Crippen LogP contribution < -0.4 is 5.32 Å². The van der Waals surface area contributed by atoms with Gasteiger partial charge in [-0.3, -0.25) is 4.79 Å². The monoisotopic (exact) mass is 382 g/mol. The van der Waals surface area contributed by atoms with E-state index < -0.39 is 0 Å². The average molecular weight is 382 g/mol. The van der Waals surface area contributed by atoms with Crippen molar-refractivity contribution < 1.29 is 9.53 Å². The van der Waals surface area contributed by atoms with Crippen LogP contribution in [0.15, 0.2) is 30.6 Å². The lowest BCUT2D eigenvalue weighted by Gasteiger charge is -2.32. The maximum Gasteiger partial charge on any atom is 0.253 e. The number of carbonyl (C=O) groups excluding carboxylic acids is 1. The van der Waals surface area contributed by atoms with E-state index >= 15 is 0 Å². The number of amides is 1. The summed E-state index contributed by atoms with van der Waals surface area (Å²) < 4.78 is 7.07. The molecule has 1 fully saturated rings. The highest BCUT2D eigenvalue weighted by molar-refractivity contribution is 5.97. The molecule has 1 aliphatic rings. The molecule has 3 aromatic rings. The molecule has 3 heterocycles. The lowest BCUT2D eigenvalue weighted by molar-refractivity contribution is 0.0705. The third-order valence-electron chi connectivity index (χ3n) is 5.33. The molecule has 1 atom stereocenters. The summed E-state index contributed by atoms with van der Waals surface area (Å²) >= 11 is 0. The summed E-state index contributed by atoms with van der Waals surface area (Å²) in [7, 11) is 3.64. The average Bonchev–Trinajstić information content (AvgIpc) is 3.36. The van der Waals surface area contributed by atoms with Crippen LogP contribution in [0, 0.1) is 0 Å². The maximum atomic E-state index is 13.1. The van der Waals surface area contributed by atoms with Crippen molar-refractivity contribution in [2.75, 3.05) is 38.7 Å². The molecule has 8 nitrogen and oxygen atoms in total. The van der Waals surface area contributed by atoms with Gasteiger partial charge in [0, 0.05) is 57.7 Å². The number of hydrogen-bond acceptors (Lipinski definition) is 5. The Bertz CT molecular complexity index is 949. The first-order valence-electron chi connectivity index (χ1n) is 9.65.